The number of halogens is 4. The zero-order chi connectivity index (χ0) is 12.9. The summed E-state index contributed by atoms with van der Waals surface area (Å²) in [5.41, 5.74) is 0.495. The number of para-hydroxylation sites is 1. The third-order valence-corrected chi connectivity index (χ3v) is 2.05. The summed E-state index contributed by atoms with van der Waals surface area (Å²) in [5, 5.41) is 2.79. The van der Waals surface area contributed by atoms with Gasteiger partial charge in [0.05, 0.1) is 13.0 Å². The topological polar surface area (TPSA) is 21.3 Å². The lowest BCUT2D eigenvalue weighted by atomic mass is 10.2. The predicted molar refractivity (Wildman–Crippen MR) is 55.3 cm³/mol. The normalized spacial score (nSPS) is 11.6. The van der Waals surface area contributed by atoms with Crippen molar-refractivity contribution in [3.05, 3.63) is 29.6 Å². The minimum atomic E-state index is -4.30. The van der Waals surface area contributed by atoms with Crippen LogP contribution in [-0.2, 0) is 6.54 Å². The van der Waals surface area contributed by atoms with E-state index in [0.717, 1.165) is 6.07 Å². The Kier molecular flexibility index (Phi) is 4.74. The molecule has 0 aliphatic heterocycles. The molecule has 0 aliphatic rings. The lowest BCUT2D eigenvalue weighted by Crippen LogP contribution is -2.15. The minimum Gasteiger partial charge on any atom is -0.490 e. The van der Waals surface area contributed by atoms with Gasteiger partial charge in [-0.3, -0.25) is 0 Å². The Labute approximate surface area is 96.6 Å². The van der Waals surface area contributed by atoms with Crippen molar-refractivity contribution in [1.82, 2.24) is 5.32 Å². The smallest absolute Gasteiger partial charge is 0.392 e. The highest BCUT2D eigenvalue weighted by Gasteiger charge is 2.27. The summed E-state index contributed by atoms with van der Waals surface area (Å²) in [7, 11) is 1.66. The molecule has 0 radical (unpaired) electrons. The average molecular weight is 251 g/mol. The zero-order valence-corrected chi connectivity index (χ0v) is 9.27. The molecular weight excluding hydrogens is 238 g/mol. The summed E-state index contributed by atoms with van der Waals surface area (Å²) < 4.78 is 54.0. The largest absolute Gasteiger partial charge is 0.490 e. The van der Waals surface area contributed by atoms with Gasteiger partial charge in [0.25, 0.3) is 0 Å². The molecule has 0 saturated heterocycles. The molecule has 0 bridgehead atoms. The minimum absolute atomic E-state index is 0.119. The third-order valence-electron chi connectivity index (χ3n) is 2.05. The van der Waals surface area contributed by atoms with Gasteiger partial charge in [-0.15, -0.1) is 0 Å². The van der Waals surface area contributed by atoms with Crippen molar-refractivity contribution >= 4 is 0 Å². The number of hydrogen-bond donors (Lipinski definition) is 1. The van der Waals surface area contributed by atoms with Crippen molar-refractivity contribution in [2.45, 2.75) is 19.1 Å². The number of hydrogen-bond acceptors (Lipinski definition) is 2. The molecule has 2 nitrogen and oxygen atoms in total. The van der Waals surface area contributed by atoms with Gasteiger partial charge in [0.1, 0.15) is 0 Å². The Balaban J connectivity index is 2.68. The maximum absolute atomic E-state index is 13.4. The molecule has 6 heteroatoms. The van der Waals surface area contributed by atoms with Crippen molar-refractivity contribution in [2.75, 3.05) is 13.7 Å². The number of rotatable bonds is 5. The van der Waals surface area contributed by atoms with Crippen LogP contribution in [0.1, 0.15) is 12.0 Å². The van der Waals surface area contributed by atoms with Gasteiger partial charge in [0, 0.05) is 12.1 Å². The molecule has 96 valence electrons. The Morgan fingerprint density at radius 1 is 1.29 bits per heavy atom. The fraction of sp³-hybridized carbons (Fsp3) is 0.455. The van der Waals surface area contributed by atoms with Crippen LogP contribution in [0, 0.1) is 5.82 Å². The van der Waals surface area contributed by atoms with E-state index < -0.39 is 25.0 Å². The first-order valence-corrected chi connectivity index (χ1v) is 5.05. The Bertz CT molecular complexity index is 365. The number of nitrogens with one attached hydrogen (secondary N) is 1. The van der Waals surface area contributed by atoms with Crippen LogP contribution in [0.4, 0.5) is 17.6 Å². The molecule has 0 saturated carbocycles. The van der Waals surface area contributed by atoms with Crippen LogP contribution < -0.4 is 10.1 Å². The molecule has 0 atom stereocenters. The molecule has 0 heterocycles. The van der Waals surface area contributed by atoms with Crippen molar-refractivity contribution in [1.29, 1.82) is 0 Å². The first kappa shape index (κ1) is 13.8. The molecule has 0 spiro atoms. The van der Waals surface area contributed by atoms with Gasteiger partial charge < -0.3 is 10.1 Å². The van der Waals surface area contributed by atoms with E-state index in [0.29, 0.717) is 12.1 Å². The van der Waals surface area contributed by atoms with Crippen molar-refractivity contribution < 1.29 is 22.3 Å². The highest BCUT2D eigenvalue weighted by Crippen LogP contribution is 2.25. The third kappa shape index (κ3) is 4.60. The van der Waals surface area contributed by atoms with Crippen LogP contribution >= 0.6 is 0 Å². The van der Waals surface area contributed by atoms with Gasteiger partial charge in [-0.2, -0.15) is 13.2 Å². The molecule has 1 rings (SSSR count). The Morgan fingerprint density at radius 2 is 2.00 bits per heavy atom. The second kappa shape index (κ2) is 5.86. The first-order chi connectivity index (χ1) is 7.94. The van der Waals surface area contributed by atoms with Gasteiger partial charge >= 0.3 is 6.18 Å². The van der Waals surface area contributed by atoms with E-state index >= 15 is 0 Å². The number of ether oxygens (including phenoxy) is 1. The summed E-state index contributed by atoms with van der Waals surface area (Å²) in [6.45, 7) is -0.250. The predicted octanol–water partition coefficient (Wildman–Crippen LogP) is 2.88. The maximum Gasteiger partial charge on any atom is 0.392 e. The monoisotopic (exact) mass is 251 g/mol. The van der Waals surface area contributed by atoms with Gasteiger partial charge in [-0.05, 0) is 13.1 Å². The Hall–Kier alpha value is -1.30. The van der Waals surface area contributed by atoms with Gasteiger partial charge in [-0.1, -0.05) is 12.1 Å². The molecule has 0 aromatic heterocycles. The number of benzene rings is 1. The fourth-order valence-electron chi connectivity index (χ4n) is 1.31. The van der Waals surface area contributed by atoms with Gasteiger partial charge in [0.15, 0.2) is 11.6 Å². The standard InChI is InChI=1S/C11H13F4NO/c1-16-7-8-3-2-4-9(12)10(8)17-6-5-11(13,14)15/h2-4,16H,5-7H2,1H3. The van der Waals surface area contributed by atoms with Crippen molar-refractivity contribution in [2.24, 2.45) is 0 Å². The van der Waals surface area contributed by atoms with Crippen LogP contribution in [0.15, 0.2) is 18.2 Å². The van der Waals surface area contributed by atoms with E-state index in [9.17, 15) is 17.6 Å². The average Bonchev–Trinajstić information content (AvgIpc) is 2.21. The summed E-state index contributed by atoms with van der Waals surface area (Å²) in [6.07, 6.45) is -5.39. The van der Waals surface area contributed by atoms with Crippen LogP contribution in [0.3, 0.4) is 0 Å². The van der Waals surface area contributed by atoms with Crippen LogP contribution in [0.25, 0.3) is 0 Å². The van der Waals surface area contributed by atoms with E-state index in [1.165, 1.54) is 6.07 Å². The highest BCUT2D eigenvalue weighted by molar-refractivity contribution is 5.34. The Morgan fingerprint density at radius 3 is 2.59 bits per heavy atom. The second-order valence-corrected chi connectivity index (χ2v) is 3.47. The molecular formula is C11H13F4NO. The quantitative estimate of drug-likeness (QED) is 0.812. The summed E-state index contributed by atoms with van der Waals surface area (Å²) in [6, 6.07) is 4.24. The molecule has 1 N–H and O–H groups in total. The van der Waals surface area contributed by atoms with Crippen molar-refractivity contribution in [3.8, 4) is 5.75 Å². The fourth-order valence-corrected chi connectivity index (χ4v) is 1.31. The SMILES string of the molecule is CNCc1cccc(F)c1OCCC(F)(F)F. The summed E-state index contributed by atoms with van der Waals surface area (Å²) in [4.78, 5) is 0. The highest BCUT2D eigenvalue weighted by atomic mass is 19.4. The van der Waals surface area contributed by atoms with E-state index in [1.54, 1.807) is 13.1 Å². The van der Waals surface area contributed by atoms with Crippen LogP contribution in [0.2, 0.25) is 0 Å². The molecule has 0 amide bonds. The van der Waals surface area contributed by atoms with Crippen molar-refractivity contribution in [3.63, 3.8) is 0 Å². The summed E-state index contributed by atoms with van der Waals surface area (Å²) >= 11 is 0. The van der Waals surface area contributed by atoms with E-state index in [2.05, 4.69) is 5.32 Å². The number of alkyl halides is 3. The maximum atomic E-state index is 13.4. The molecule has 1 aromatic rings. The van der Waals surface area contributed by atoms with Crippen LogP contribution in [-0.4, -0.2) is 19.8 Å². The molecule has 0 fully saturated rings. The molecule has 17 heavy (non-hydrogen) atoms. The van der Waals surface area contributed by atoms with E-state index in [1.807, 2.05) is 0 Å². The molecule has 1 aromatic carbocycles. The van der Waals surface area contributed by atoms with Gasteiger partial charge in [0.2, 0.25) is 0 Å². The van der Waals surface area contributed by atoms with Gasteiger partial charge in [-0.25, -0.2) is 4.39 Å². The van der Waals surface area contributed by atoms with E-state index in [4.69, 9.17) is 4.74 Å². The lowest BCUT2D eigenvalue weighted by Gasteiger charge is -2.13. The first-order valence-electron chi connectivity index (χ1n) is 5.05. The zero-order valence-electron chi connectivity index (χ0n) is 9.27. The lowest BCUT2D eigenvalue weighted by molar-refractivity contribution is -0.139. The van der Waals surface area contributed by atoms with Crippen LogP contribution in [0.5, 0.6) is 5.75 Å². The second-order valence-electron chi connectivity index (χ2n) is 3.47. The summed E-state index contributed by atoms with van der Waals surface area (Å²) in [5.74, 6) is -0.772. The molecule has 0 aliphatic carbocycles. The van der Waals surface area contributed by atoms with E-state index in [-0.39, 0.29) is 5.75 Å². The molecule has 0 unspecified atom stereocenters.